The van der Waals surface area contributed by atoms with E-state index in [0.29, 0.717) is 41.3 Å². The molecule has 5 N–H and O–H groups in total. The summed E-state index contributed by atoms with van der Waals surface area (Å²) in [6, 6.07) is 7.51. The van der Waals surface area contributed by atoms with Crippen LogP contribution < -0.4 is 16.4 Å². The number of thiazole rings is 1. The predicted molar refractivity (Wildman–Crippen MR) is 130 cm³/mol. The van der Waals surface area contributed by atoms with Gasteiger partial charge < -0.3 is 21.5 Å². The summed E-state index contributed by atoms with van der Waals surface area (Å²) < 4.78 is 26.0. The molecule has 12 heteroatoms. The van der Waals surface area contributed by atoms with Crippen LogP contribution in [0.2, 0.25) is 0 Å². The number of nitrogens with one attached hydrogen (secondary N) is 2. The number of benzene rings is 1. The molecule has 2 heterocycles. The molecule has 34 heavy (non-hydrogen) atoms. The summed E-state index contributed by atoms with van der Waals surface area (Å²) in [4.78, 5) is 25.1. The highest BCUT2D eigenvalue weighted by molar-refractivity contribution is 7.94. The average Bonchev–Trinajstić information content (AvgIpc) is 3.20. The summed E-state index contributed by atoms with van der Waals surface area (Å²) >= 11 is 1.12. The van der Waals surface area contributed by atoms with Gasteiger partial charge in [0.2, 0.25) is 14.2 Å². The van der Waals surface area contributed by atoms with Crippen LogP contribution in [-0.2, 0) is 14.6 Å². The second kappa shape index (κ2) is 9.28. The standard InChI is InChI=1S/C22H26N6O4S2/c1-13(11-29)24-20(30)26-16-6-4-15(5-7-16)19-27-17(10-18(23)28-19)22(8-3-9-22)34(31,32)21-25-14(2)12-33-21/h4-7,10,12-13,29H,3,8-9,11H2,1-2H3,(H2,23,27,28)(H2,24,26,30)/t13-/m0/s1. The molecule has 180 valence electrons. The van der Waals surface area contributed by atoms with Crippen molar-refractivity contribution < 1.29 is 18.3 Å². The molecule has 1 saturated carbocycles. The maximum Gasteiger partial charge on any atom is 0.319 e. The number of amides is 2. The van der Waals surface area contributed by atoms with Crippen LogP contribution in [0.1, 0.15) is 37.6 Å². The van der Waals surface area contributed by atoms with E-state index in [0.717, 1.165) is 17.8 Å². The SMILES string of the molecule is Cc1csc(S(=O)(=O)C2(c3cc(N)nc(-c4ccc(NC(=O)N[C@@H](C)CO)cc4)n3)CCC2)n1. The Balaban J connectivity index is 1.63. The monoisotopic (exact) mass is 502 g/mol. The molecule has 2 amide bonds. The van der Waals surface area contributed by atoms with Crippen LogP contribution in [0.5, 0.6) is 0 Å². The zero-order chi connectivity index (χ0) is 24.5. The molecule has 0 spiro atoms. The third-order valence-electron chi connectivity index (χ3n) is 5.77. The molecular weight excluding hydrogens is 476 g/mol. The van der Waals surface area contributed by atoms with Gasteiger partial charge >= 0.3 is 6.03 Å². The van der Waals surface area contributed by atoms with E-state index in [1.165, 1.54) is 6.07 Å². The number of sulfone groups is 1. The van der Waals surface area contributed by atoms with Gasteiger partial charge in [-0.2, -0.15) is 0 Å². The summed E-state index contributed by atoms with van der Waals surface area (Å²) in [6.07, 6.45) is 1.64. The number of carbonyl (C=O) groups is 1. The Labute approximate surface area is 201 Å². The van der Waals surface area contributed by atoms with Crippen LogP contribution in [-0.4, -0.2) is 47.2 Å². The highest BCUT2D eigenvalue weighted by Gasteiger charge is 2.53. The Morgan fingerprint density at radius 1 is 1.24 bits per heavy atom. The minimum atomic E-state index is -3.75. The molecule has 4 rings (SSSR count). The lowest BCUT2D eigenvalue weighted by Crippen LogP contribution is -2.43. The molecule has 2 aromatic heterocycles. The largest absolute Gasteiger partial charge is 0.394 e. The third-order valence-corrected chi connectivity index (χ3v) is 9.66. The molecule has 0 bridgehead atoms. The van der Waals surface area contributed by atoms with Crippen molar-refractivity contribution in [2.45, 2.75) is 48.2 Å². The molecule has 1 atom stereocenters. The van der Waals surface area contributed by atoms with Crippen LogP contribution in [0.15, 0.2) is 40.1 Å². The maximum absolute atomic E-state index is 13.5. The van der Waals surface area contributed by atoms with Crippen molar-refractivity contribution in [1.82, 2.24) is 20.3 Å². The Bertz CT molecular complexity index is 1300. The Hall–Kier alpha value is -3.09. The number of nitrogens with zero attached hydrogens (tertiary/aromatic N) is 3. The number of aryl methyl sites for hydroxylation is 1. The van der Waals surface area contributed by atoms with Crippen molar-refractivity contribution >= 4 is 38.7 Å². The van der Waals surface area contributed by atoms with Gasteiger partial charge in [-0.15, -0.1) is 11.3 Å². The molecule has 1 aliphatic carbocycles. The van der Waals surface area contributed by atoms with E-state index in [2.05, 4.69) is 25.6 Å². The molecule has 0 unspecified atom stereocenters. The van der Waals surface area contributed by atoms with Crippen molar-refractivity contribution in [2.75, 3.05) is 17.7 Å². The lowest BCUT2D eigenvalue weighted by molar-refractivity contribution is 0.229. The fourth-order valence-corrected chi connectivity index (χ4v) is 7.21. The molecule has 0 radical (unpaired) electrons. The van der Waals surface area contributed by atoms with Gasteiger partial charge in [0.1, 0.15) is 10.6 Å². The van der Waals surface area contributed by atoms with E-state index in [1.54, 1.807) is 43.5 Å². The van der Waals surface area contributed by atoms with E-state index in [9.17, 15) is 13.2 Å². The number of hydrogen-bond acceptors (Lipinski definition) is 9. The lowest BCUT2D eigenvalue weighted by Gasteiger charge is -2.39. The van der Waals surface area contributed by atoms with E-state index < -0.39 is 20.6 Å². The Morgan fingerprint density at radius 3 is 2.50 bits per heavy atom. The average molecular weight is 503 g/mol. The Morgan fingerprint density at radius 2 is 1.94 bits per heavy atom. The van der Waals surface area contributed by atoms with E-state index >= 15 is 0 Å². The minimum absolute atomic E-state index is 0.0904. The van der Waals surface area contributed by atoms with Crippen molar-refractivity contribution in [2.24, 2.45) is 0 Å². The van der Waals surface area contributed by atoms with Gasteiger partial charge in [-0.1, -0.05) is 0 Å². The highest BCUT2D eigenvalue weighted by atomic mass is 32.2. The number of aliphatic hydroxyl groups excluding tert-OH is 1. The van der Waals surface area contributed by atoms with Gasteiger partial charge in [0.15, 0.2) is 5.82 Å². The number of carbonyl (C=O) groups excluding carboxylic acids is 1. The second-order valence-electron chi connectivity index (χ2n) is 8.37. The predicted octanol–water partition coefficient (Wildman–Crippen LogP) is 2.85. The lowest BCUT2D eigenvalue weighted by atomic mass is 9.81. The molecule has 1 aliphatic rings. The first-order chi connectivity index (χ1) is 16.1. The first-order valence-corrected chi connectivity index (χ1v) is 13.1. The van der Waals surface area contributed by atoms with Crippen molar-refractivity contribution in [3.63, 3.8) is 0 Å². The summed E-state index contributed by atoms with van der Waals surface area (Å²) in [5.74, 6) is 0.480. The maximum atomic E-state index is 13.5. The van der Waals surface area contributed by atoms with Gasteiger partial charge in [-0.3, -0.25) is 0 Å². The summed E-state index contributed by atoms with van der Waals surface area (Å²) in [7, 11) is -3.75. The number of aromatic nitrogens is 3. The molecule has 3 aromatic rings. The van der Waals surface area contributed by atoms with Crippen LogP contribution in [0, 0.1) is 6.92 Å². The highest BCUT2D eigenvalue weighted by Crippen LogP contribution is 2.51. The molecule has 1 fully saturated rings. The van der Waals surface area contributed by atoms with Crippen LogP contribution in [0.4, 0.5) is 16.3 Å². The fraction of sp³-hybridized carbons (Fsp3) is 0.364. The molecule has 1 aromatic carbocycles. The van der Waals surface area contributed by atoms with Gasteiger partial charge in [0, 0.05) is 28.4 Å². The summed E-state index contributed by atoms with van der Waals surface area (Å²) in [5.41, 5.74) is 8.26. The number of nitrogens with two attached hydrogens (primary N) is 1. The third kappa shape index (κ3) is 4.48. The molecule has 0 aliphatic heterocycles. The molecule has 10 nitrogen and oxygen atoms in total. The van der Waals surface area contributed by atoms with Crippen molar-refractivity contribution in [3.05, 3.63) is 47.1 Å². The van der Waals surface area contributed by atoms with Crippen LogP contribution in [0.3, 0.4) is 0 Å². The van der Waals surface area contributed by atoms with Gasteiger partial charge in [-0.25, -0.2) is 28.2 Å². The van der Waals surface area contributed by atoms with E-state index in [-0.39, 0.29) is 22.8 Å². The quantitative estimate of drug-likeness (QED) is 0.384. The van der Waals surface area contributed by atoms with E-state index in [1.807, 2.05) is 0 Å². The first kappa shape index (κ1) is 24.0. The normalized spacial score (nSPS) is 15.9. The van der Waals surface area contributed by atoms with Crippen LogP contribution >= 0.6 is 11.3 Å². The summed E-state index contributed by atoms with van der Waals surface area (Å²) in [5, 5.41) is 16.0. The van der Waals surface area contributed by atoms with Gasteiger partial charge in [0.25, 0.3) is 0 Å². The zero-order valence-electron chi connectivity index (χ0n) is 18.8. The van der Waals surface area contributed by atoms with Crippen LogP contribution in [0.25, 0.3) is 11.4 Å². The number of aliphatic hydroxyl groups is 1. The number of hydrogen-bond donors (Lipinski definition) is 4. The first-order valence-electron chi connectivity index (χ1n) is 10.8. The van der Waals surface area contributed by atoms with Gasteiger partial charge in [0.05, 0.1) is 18.3 Å². The Kier molecular flexibility index (Phi) is 6.56. The zero-order valence-corrected chi connectivity index (χ0v) is 20.4. The molecule has 0 saturated heterocycles. The molecular formula is C22H26N6O4S2. The second-order valence-corrected chi connectivity index (χ2v) is 11.7. The smallest absolute Gasteiger partial charge is 0.319 e. The number of nitrogen functional groups attached to an aromatic ring is 1. The number of anilines is 2. The van der Waals surface area contributed by atoms with Crippen molar-refractivity contribution in [3.8, 4) is 11.4 Å². The number of urea groups is 1. The van der Waals surface area contributed by atoms with Crippen molar-refractivity contribution in [1.29, 1.82) is 0 Å². The fourth-order valence-electron chi connectivity index (χ4n) is 3.75. The minimum Gasteiger partial charge on any atom is -0.394 e. The van der Waals surface area contributed by atoms with E-state index in [4.69, 9.17) is 10.8 Å². The van der Waals surface area contributed by atoms with Gasteiger partial charge in [-0.05, 0) is 57.4 Å². The summed E-state index contributed by atoms with van der Waals surface area (Å²) in [6.45, 7) is 3.28. The topological polar surface area (TPSA) is 160 Å². The number of rotatable bonds is 7.